The maximum absolute atomic E-state index is 13.0. The van der Waals surface area contributed by atoms with Crippen molar-refractivity contribution in [2.24, 2.45) is 0 Å². The van der Waals surface area contributed by atoms with Crippen LogP contribution in [0.1, 0.15) is 13.3 Å². The van der Waals surface area contributed by atoms with Gasteiger partial charge in [0, 0.05) is 11.6 Å². The number of sulfone groups is 1. The van der Waals surface area contributed by atoms with Crippen LogP contribution in [0.15, 0.2) is 33.5 Å². The molecular weight excluding hydrogens is 337 g/mol. The first-order valence-corrected chi connectivity index (χ1v) is 9.48. The minimum Gasteiger partial charge on any atom is -0.388 e. The van der Waals surface area contributed by atoms with Gasteiger partial charge in [0.25, 0.3) is 0 Å². The summed E-state index contributed by atoms with van der Waals surface area (Å²) < 4.78 is 42.5. The summed E-state index contributed by atoms with van der Waals surface area (Å²) in [5.74, 6) is -0.648. The van der Waals surface area contributed by atoms with Gasteiger partial charge in [0.15, 0.2) is 9.84 Å². The van der Waals surface area contributed by atoms with E-state index in [1.807, 2.05) is 11.8 Å². The molecule has 1 aliphatic heterocycles. The first-order chi connectivity index (χ1) is 11.4. The second kappa shape index (κ2) is 6.48. The van der Waals surface area contributed by atoms with E-state index in [2.05, 4.69) is 5.10 Å². The van der Waals surface area contributed by atoms with Crippen LogP contribution in [0.2, 0.25) is 0 Å². The summed E-state index contributed by atoms with van der Waals surface area (Å²) in [4.78, 5) is 13.9. The summed E-state index contributed by atoms with van der Waals surface area (Å²) in [6, 6.07) is 5.35. The van der Waals surface area contributed by atoms with E-state index in [-0.39, 0.29) is 35.9 Å². The number of benzene rings is 1. The molecule has 2 heterocycles. The van der Waals surface area contributed by atoms with E-state index >= 15 is 0 Å². The fourth-order valence-electron chi connectivity index (χ4n) is 2.81. The van der Waals surface area contributed by atoms with Gasteiger partial charge in [0.05, 0.1) is 11.5 Å². The lowest BCUT2D eigenvalue weighted by Crippen LogP contribution is -2.39. The molecule has 0 spiro atoms. The Labute approximate surface area is 138 Å². The minimum atomic E-state index is -3.00. The lowest BCUT2D eigenvalue weighted by Gasteiger charge is -2.25. The van der Waals surface area contributed by atoms with Gasteiger partial charge < -0.3 is 4.42 Å². The van der Waals surface area contributed by atoms with Gasteiger partial charge in [0.2, 0.25) is 5.89 Å². The summed E-state index contributed by atoms with van der Waals surface area (Å²) in [5, 5.41) is 4.13. The number of aromatic nitrogens is 2. The van der Waals surface area contributed by atoms with E-state index in [4.69, 9.17) is 4.42 Å². The lowest BCUT2D eigenvalue weighted by atomic mass is 10.2. The van der Waals surface area contributed by atoms with Crippen molar-refractivity contribution in [2.45, 2.75) is 26.1 Å². The molecule has 2 aromatic rings. The molecule has 130 valence electrons. The van der Waals surface area contributed by atoms with E-state index in [1.54, 1.807) is 0 Å². The first-order valence-electron chi connectivity index (χ1n) is 7.66. The second-order valence-corrected chi connectivity index (χ2v) is 8.01. The molecule has 3 rings (SSSR count). The Morgan fingerprint density at radius 2 is 2.08 bits per heavy atom. The summed E-state index contributed by atoms with van der Waals surface area (Å²) >= 11 is 0. The molecule has 1 aromatic heterocycles. The van der Waals surface area contributed by atoms with Crippen LogP contribution < -0.4 is 5.76 Å². The van der Waals surface area contributed by atoms with Gasteiger partial charge in [-0.25, -0.2) is 17.6 Å². The van der Waals surface area contributed by atoms with Crippen molar-refractivity contribution in [1.29, 1.82) is 0 Å². The van der Waals surface area contributed by atoms with Crippen LogP contribution in [0, 0.1) is 5.82 Å². The monoisotopic (exact) mass is 355 g/mol. The molecule has 1 fully saturated rings. The summed E-state index contributed by atoms with van der Waals surface area (Å²) in [6.45, 7) is 2.64. The van der Waals surface area contributed by atoms with Crippen molar-refractivity contribution in [3.05, 3.63) is 40.6 Å². The third-order valence-corrected chi connectivity index (χ3v) is 5.89. The van der Waals surface area contributed by atoms with Crippen LogP contribution in [0.3, 0.4) is 0 Å². The highest BCUT2D eigenvalue weighted by Crippen LogP contribution is 2.19. The van der Waals surface area contributed by atoms with Crippen molar-refractivity contribution >= 4 is 9.84 Å². The predicted molar refractivity (Wildman–Crippen MR) is 85.6 cm³/mol. The average molecular weight is 355 g/mol. The molecule has 24 heavy (non-hydrogen) atoms. The molecule has 9 heteroatoms. The number of halogens is 1. The Bertz CT molecular complexity index is 873. The topological polar surface area (TPSA) is 85.4 Å². The molecule has 1 atom stereocenters. The Morgan fingerprint density at radius 1 is 1.38 bits per heavy atom. The van der Waals surface area contributed by atoms with Crippen LogP contribution in [-0.2, 0) is 16.5 Å². The highest BCUT2D eigenvalue weighted by Gasteiger charge is 2.32. The SMILES string of the molecule is CCN(Cn1nc(-c2ccc(F)cc2)oc1=O)[C@@H]1CCS(=O)(=O)C1. The first kappa shape index (κ1) is 16.8. The Kier molecular flexibility index (Phi) is 4.55. The zero-order chi connectivity index (χ0) is 17.3. The van der Waals surface area contributed by atoms with Crippen molar-refractivity contribution in [2.75, 3.05) is 18.1 Å². The maximum Gasteiger partial charge on any atom is 0.438 e. The van der Waals surface area contributed by atoms with E-state index in [9.17, 15) is 17.6 Å². The zero-order valence-electron chi connectivity index (χ0n) is 13.2. The molecule has 1 saturated heterocycles. The second-order valence-electron chi connectivity index (χ2n) is 5.78. The number of hydrogen-bond donors (Lipinski definition) is 0. The standard InChI is InChI=1S/C15H18FN3O4S/c1-2-18(13-7-8-24(21,22)9-13)10-19-15(20)23-14(17-19)11-3-5-12(16)6-4-11/h3-6,13H,2,7-10H2,1H3/t13-/m1/s1. The fraction of sp³-hybridized carbons (Fsp3) is 0.467. The minimum absolute atomic E-state index is 0.0955. The van der Waals surface area contributed by atoms with Crippen LogP contribution in [0.5, 0.6) is 0 Å². The molecule has 7 nitrogen and oxygen atoms in total. The lowest BCUT2D eigenvalue weighted by molar-refractivity contribution is 0.160. The predicted octanol–water partition coefficient (Wildman–Crippen LogP) is 1.11. The number of rotatable bonds is 5. The van der Waals surface area contributed by atoms with E-state index in [0.717, 1.165) is 4.68 Å². The van der Waals surface area contributed by atoms with E-state index in [0.29, 0.717) is 18.5 Å². The summed E-state index contributed by atoms with van der Waals surface area (Å²) in [7, 11) is -3.00. The van der Waals surface area contributed by atoms with Crippen LogP contribution in [0.25, 0.3) is 11.5 Å². The highest BCUT2D eigenvalue weighted by molar-refractivity contribution is 7.91. The summed E-state index contributed by atoms with van der Waals surface area (Å²) in [5.41, 5.74) is 0.499. The van der Waals surface area contributed by atoms with Gasteiger partial charge in [-0.1, -0.05) is 6.92 Å². The third-order valence-electron chi connectivity index (χ3n) is 4.14. The molecule has 1 aliphatic rings. The molecule has 1 aromatic carbocycles. The van der Waals surface area contributed by atoms with Gasteiger partial charge >= 0.3 is 5.76 Å². The summed E-state index contributed by atoms with van der Waals surface area (Å²) in [6.07, 6.45) is 0.549. The Balaban J connectivity index is 1.80. The van der Waals surface area contributed by atoms with Gasteiger partial charge in [-0.2, -0.15) is 4.68 Å². The smallest absolute Gasteiger partial charge is 0.388 e. The largest absolute Gasteiger partial charge is 0.438 e. The Morgan fingerprint density at radius 3 is 2.67 bits per heavy atom. The third kappa shape index (κ3) is 3.57. The van der Waals surface area contributed by atoms with Gasteiger partial charge in [0.1, 0.15) is 12.5 Å². The maximum atomic E-state index is 13.0. The van der Waals surface area contributed by atoms with Gasteiger partial charge in [-0.05, 0) is 37.2 Å². The molecule has 0 saturated carbocycles. The molecule has 0 unspecified atom stereocenters. The van der Waals surface area contributed by atoms with Gasteiger partial charge in [-0.15, -0.1) is 5.10 Å². The van der Waals surface area contributed by atoms with Crippen molar-refractivity contribution in [3.63, 3.8) is 0 Å². The van der Waals surface area contributed by atoms with Crippen molar-refractivity contribution < 1.29 is 17.2 Å². The van der Waals surface area contributed by atoms with Crippen LogP contribution in [-0.4, -0.2) is 47.2 Å². The number of nitrogens with zero attached hydrogens (tertiary/aromatic N) is 3. The van der Waals surface area contributed by atoms with Crippen LogP contribution >= 0.6 is 0 Å². The molecule has 0 N–H and O–H groups in total. The highest BCUT2D eigenvalue weighted by atomic mass is 32.2. The molecule has 0 aliphatic carbocycles. The van der Waals surface area contributed by atoms with E-state index in [1.165, 1.54) is 24.3 Å². The fourth-order valence-corrected chi connectivity index (χ4v) is 4.58. The quantitative estimate of drug-likeness (QED) is 0.799. The molecule has 0 amide bonds. The zero-order valence-corrected chi connectivity index (χ0v) is 14.0. The molecule has 0 radical (unpaired) electrons. The van der Waals surface area contributed by atoms with Crippen LogP contribution in [0.4, 0.5) is 4.39 Å². The Hall–Kier alpha value is -2.00. The normalized spacial score (nSPS) is 19.9. The van der Waals surface area contributed by atoms with Crippen molar-refractivity contribution in [1.82, 2.24) is 14.7 Å². The average Bonchev–Trinajstić information content (AvgIpc) is 3.08. The van der Waals surface area contributed by atoms with Crippen molar-refractivity contribution in [3.8, 4) is 11.5 Å². The van der Waals surface area contributed by atoms with E-state index < -0.39 is 15.6 Å². The number of hydrogen-bond acceptors (Lipinski definition) is 6. The molecule has 0 bridgehead atoms. The van der Waals surface area contributed by atoms with Gasteiger partial charge in [-0.3, -0.25) is 4.90 Å². The molecular formula is C15H18FN3O4S.